The first-order valence-electron chi connectivity index (χ1n) is 9.64. The largest absolute Gasteiger partial charge is 0.475 e. The molecule has 2 fully saturated rings. The molecule has 2 saturated heterocycles. The predicted octanol–water partition coefficient (Wildman–Crippen LogP) is 2.59. The van der Waals surface area contributed by atoms with Gasteiger partial charge < -0.3 is 24.6 Å². The predicted molar refractivity (Wildman–Crippen MR) is 101 cm³/mol. The van der Waals surface area contributed by atoms with Gasteiger partial charge in [-0.2, -0.15) is 0 Å². The number of hydrogen-bond donors (Lipinski definition) is 1. The van der Waals surface area contributed by atoms with Crippen LogP contribution in [0, 0.1) is 0 Å². The van der Waals surface area contributed by atoms with Crippen molar-refractivity contribution in [3.8, 4) is 5.88 Å². The van der Waals surface area contributed by atoms with E-state index in [1.165, 1.54) is 32.4 Å². The molecule has 1 N–H and O–H groups in total. The minimum absolute atomic E-state index is 0.0445. The molecule has 1 aromatic rings. The number of hydrogen-bond acceptors (Lipinski definition) is 5. The van der Waals surface area contributed by atoms with E-state index < -0.39 is 0 Å². The van der Waals surface area contributed by atoms with Gasteiger partial charge in [-0.15, -0.1) is 0 Å². The van der Waals surface area contributed by atoms with Crippen molar-refractivity contribution in [2.24, 2.45) is 0 Å². The lowest BCUT2D eigenvalue weighted by atomic mass is 10.0. The molecule has 0 aliphatic carbocycles. The van der Waals surface area contributed by atoms with Gasteiger partial charge in [-0.25, -0.2) is 9.78 Å². The van der Waals surface area contributed by atoms with Crippen LogP contribution >= 0.6 is 0 Å². The van der Waals surface area contributed by atoms with Gasteiger partial charge in [0.2, 0.25) is 5.88 Å². The molecule has 0 bridgehead atoms. The van der Waals surface area contributed by atoms with Gasteiger partial charge in [0.25, 0.3) is 0 Å². The van der Waals surface area contributed by atoms with Crippen LogP contribution in [0.25, 0.3) is 0 Å². The van der Waals surface area contributed by atoms with E-state index in [0.29, 0.717) is 30.8 Å². The van der Waals surface area contributed by atoms with Crippen molar-refractivity contribution in [1.29, 1.82) is 0 Å². The van der Waals surface area contributed by atoms with Crippen LogP contribution in [0.2, 0.25) is 0 Å². The number of urea groups is 1. The smallest absolute Gasteiger partial charge is 0.321 e. The summed E-state index contributed by atoms with van der Waals surface area (Å²) in [6.45, 7) is 5.06. The van der Waals surface area contributed by atoms with Crippen LogP contribution in [0.3, 0.4) is 0 Å². The second kappa shape index (κ2) is 9.73. The second-order valence-corrected chi connectivity index (χ2v) is 6.97. The Morgan fingerprint density at radius 3 is 2.58 bits per heavy atom. The molecular formula is C19H30N4O3. The summed E-state index contributed by atoms with van der Waals surface area (Å²) in [4.78, 5) is 21.2. The Bertz CT molecular complexity index is 552. The molecule has 2 aliphatic heterocycles. The lowest BCUT2D eigenvalue weighted by Crippen LogP contribution is -2.49. The molecule has 7 heteroatoms. The van der Waals surface area contributed by atoms with Crippen LogP contribution in [0.15, 0.2) is 18.3 Å². The van der Waals surface area contributed by atoms with E-state index in [1.54, 1.807) is 19.4 Å². The zero-order chi connectivity index (χ0) is 18.2. The number of carbonyl (C=O) groups excluding carboxylic acids is 1. The number of likely N-dealkylation sites (tertiary alicyclic amines) is 2. The zero-order valence-corrected chi connectivity index (χ0v) is 15.7. The summed E-state index contributed by atoms with van der Waals surface area (Å²) in [6, 6.07) is 4.17. The van der Waals surface area contributed by atoms with Gasteiger partial charge >= 0.3 is 6.03 Å². The lowest BCUT2D eigenvalue weighted by molar-refractivity contribution is 0.104. The van der Waals surface area contributed by atoms with Crippen molar-refractivity contribution in [3.63, 3.8) is 0 Å². The van der Waals surface area contributed by atoms with Gasteiger partial charge in [-0.05, 0) is 44.8 Å². The number of aromatic nitrogens is 1. The Morgan fingerprint density at radius 1 is 1.15 bits per heavy atom. The fraction of sp³-hybridized carbons (Fsp3) is 0.684. The number of pyridine rings is 1. The summed E-state index contributed by atoms with van der Waals surface area (Å²) in [5.41, 5.74) is 0.687. The highest BCUT2D eigenvalue weighted by atomic mass is 16.5. The Hall–Kier alpha value is -1.86. The van der Waals surface area contributed by atoms with Gasteiger partial charge in [-0.3, -0.25) is 0 Å². The number of methoxy groups -OCH3 is 1. The van der Waals surface area contributed by atoms with Crippen molar-refractivity contribution in [3.05, 3.63) is 18.3 Å². The van der Waals surface area contributed by atoms with Crippen LogP contribution < -0.4 is 10.1 Å². The van der Waals surface area contributed by atoms with E-state index in [2.05, 4.69) is 15.2 Å². The van der Waals surface area contributed by atoms with Gasteiger partial charge in [0.15, 0.2) is 0 Å². The van der Waals surface area contributed by atoms with E-state index in [9.17, 15) is 4.79 Å². The highest BCUT2D eigenvalue weighted by Gasteiger charge is 2.27. The molecule has 0 unspecified atom stereocenters. The SMILES string of the molecule is COCCOc1ccc(NC(=O)N2CCC(N3CCCCC3)CC2)cn1. The third kappa shape index (κ3) is 5.32. The number of carbonyl (C=O) groups is 1. The van der Waals surface area contributed by atoms with E-state index >= 15 is 0 Å². The van der Waals surface area contributed by atoms with Crippen LogP contribution in [-0.4, -0.2) is 73.4 Å². The number of amides is 2. The maximum Gasteiger partial charge on any atom is 0.321 e. The molecular weight excluding hydrogens is 332 g/mol. The topological polar surface area (TPSA) is 66.9 Å². The average molecular weight is 362 g/mol. The van der Waals surface area contributed by atoms with Gasteiger partial charge in [-0.1, -0.05) is 6.42 Å². The maximum atomic E-state index is 12.5. The monoisotopic (exact) mass is 362 g/mol. The molecule has 3 heterocycles. The molecule has 3 rings (SSSR count). The Kier molecular flexibility index (Phi) is 7.08. The van der Waals surface area contributed by atoms with Gasteiger partial charge in [0.05, 0.1) is 18.5 Å². The van der Waals surface area contributed by atoms with Crippen LogP contribution in [0.1, 0.15) is 32.1 Å². The zero-order valence-electron chi connectivity index (χ0n) is 15.7. The van der Waals surface area contributed by atoms with Crippen molar-refractivity contribution in [2.45, 2.75) is 38.1 Å². The highest BCUT2D eigenvalue weighted by molar-refractivity contribution is 5.89. The molecule has 2 aliphatic rings. The molecule has 7 nitrogen and oxygen atoms in total. The summed E-state index contributed by atoms with van der Waals surface area (Å²) in [5.74, 6) is 0.530. The number of nitrogens with one attached hydrogen (secondary N) is 1. The Balaban J connectivity index is 1.42. The number of rotatable bonds is 6. The summed E-state index contributed by atoms with van der Waals surface area (Å²) in [5, 5.41) is 2.93. The summed E-state index contributed by atoms with van der Waals surface area (Å²) >= 11 is 0. The minimum atomic E-state index is -0.0445. The molecule has 0 atom stereocenters. The van der Waals surface area contributed by atoms with E-state index in [1.807, 2.05) is 11.0 Å². The normalized spacial score (nSPS) is 19.3. The van der Waals surface area contributed by atoms with Crippen LogP contribution in [0.4, 0.5) is 10.5 Å². The van der Waals surface area contributed by atoms with Crippen LogP contribution in [-0.2, 0) is 4.74 Å². The Labute approximate surface area is 155 Å². The average Bonchev–Trinajstić information content (AvgIpc) is 2.70. The number of piperidine rings is 2. The molecule has 0 spiro atoms. The molecule has 0 saturated carbocycles. The van der Waals surface area contributed by atoms with E-state index in [0.717, 1.165) is 25.9 Å². The fourth-order valence-electron chi connectivity index (χ4n) is 3.69. The molecule has 1 aromatic heterocycles. The van der Waals surface area contributed by atoms with Crippen molar-refractivity contribution >= 4 is 11.7 Å². The molecule has 0 radical (unpaired) electrons. The third-order valence-corrected chi connectivity index (χ3v) is 5.18. The first-order valence-corrected chi connectivity index (χ1v) is 9.64. The first-order chi connectivity index (χ1) is 12.8. The van der Waals surface area contributed by atoms with Gasteiger partial charge in [0.1, 0.15) is 6.61 Å². The van der Waals surface area contributed by atoms with Crippen molar-refractivity contribution in [2.75, 3.05) is 51.8 Å². The summed E-state index contributed by atoms with van der Waals surface area (Å²) < 4.78 is 10.4. The second-order valence-electron chi connectivity index (χ2n) is 6.97. The number of anilines is 1. The number of ether oxygens (including phenoxy) is 2. The number of nitrogens with zero attached hydrogens (tertiary/aromatic N) is 3. The molecule has 26 heavy (non-hydrogen) atoms. The summed E-state index contributed by atoms with van der Waals surface area (Å²) in [7, 11) is 1.63. The lowest BCUT2D eigenvalue weighted by Gasteiger charge is -2.40. The van der Waals surface area contributed by atoms with Crippen molar-refractivity contribution in [1.82, 2.24) is 14.8 Å². The van der Waals surface area contributed by atoms with E-state index in [4.69, 9.17) is 9.47 Å². The molecule has 144 valence electrons. The molecule has 2 amide bonds. The first kappa shape index (κ1) is 18.9. The summed E-state index contributed by atoms with van der Waals surface area (Å²) in [6.07, 6.45) is 7.76. The standard InChI is InChI=1S/C19H30N4O3/c1-25-13-14-26-18-6-5-16(15-20-18)21-19(24)23-11-7-17(8-12-23)22-9-3-2-4-10-22/h5-6,15,17H,2-4,7-14H2,1H3,(H,21,24). The van der Waals surface area contributed by atoms with E-state index in [-0.39, 0.29) is 6.03 Å². The maximum absolute atomic E-state index is 12.5. The quantitative estimate of drug-likeness (QED) is 0.788. The fourth-order valence-corrected chi connectivity index (χ4v) is 3.69. The van der Waals surface area contributed by atoms with Crippen molar-refractivity contribution < 1.29 is 14.3 Å². The Morgan fingerprint density at radius 2 is 1.92 bits per heavy atom. The van der Waals surface area contributed by atoms with Gasteiger partial charge in [0, 0.05) is 32.3 Å². The highest BCUT2D eigenvalue weighted by Crippen LogP contribution is 2.21. The molecule has 0 aromatic carbocycles. The third-order valence-electron chi connectivity index (χ3n) is 5.18. The van der Waals surface area contributed by atoms with Crippen LogP contribution in [0.5, 0.6) is 5.88 Å². The minimum Gasteiger partial charge on any atom is -0.475 e.